The predicted octanol–water partition coefficient (Wildman–Crippen LogP) is 2.65. The van der Waals surface area contributed by atoms with E-state index in [9.17, 15) is 4.79 Å². The molecule has 0 bridgehead atoms. The highest BCUT2D eigenvalue weighted by molar-refractivity contribution is 5.82. The molecule has 0 heterocycles. The largest absolute Gasteiger partial charge is 0.299 e. The van der Waals surface area contributed by atoms with Crippen molar-refractivity contribution in [2.45, 2.75) is 40.0 Å². The van der Waals surface area contributed by atoms with Crippen LogP contribution in [0.3, 0.4) is 0 Å². The van der Waals surface area contributed by atoms with Crippen molar-refractivity contribution in [3.8, 4) is 0 Å². The van der Waals surface area contributed by atoms with E-state index in [1.54, 1.807) is 0 Å². The van der Waals surface area contributed by atoms with E-state index in [0.29, 0.717) is 23.5 Å². The summed E-state index contributed by atoms with van der Waals surface area (Å²) in [6.45, 7) is 6.41. The van der Waals surface area contributed by atoms with E-state index in [2.05, 4.69) is 20.8 Å². The fourth-order valence-corrected chi connectivity index (χ4v) is 1.70. The van der Waals surface area contributed by atoms with Crippen molar-refractivity contribution in [2.24, 2.45) is 17.8 Å². The number of Topliss-reactive ketones (excluding diaryl/α,β-unsaturated/α-hetero) is 1. The van der Waals surface area contributed by atoms with Crippen LogP contribution in [0.2, 0.25) is 0 Å². The van der Waals surface area contributed by atoms with Crippen molar-refractivity contribution in [1.29, 1.82) is 0 Å². The standard InChI is InChI=1S/C10H18O/c1-7(2)6-10(11)9-5-4-8(9)3/h7-9H,4-6H2,1-3H3. The molecule has 0 radical (unpaired) electrons. The van der Waals surface area contributed by atoms with E-state index in [1.807, 2.05) is 0 Å². The molecule has 1 fully saturated rings. The van der Waals surface area contributed by atoms with E-state index < -0.39 is 0 Å². The molecule has 0 N–H and O–H groups in total. The summed E-state index contributed by atoms with van der Waals surface area (Å²) in [5.41, 5.74) is 0. The van der Waals surface area contributed by atoms with Crippen LogP contribution in [0.4, 0.5) is 0 Å². The molecule has 0 aromatic rings. The quantitative estimate of drug-likeness (QED) is 0.610. The smallest absolute Gasteiger partial charge is 0.136 e. The second-order valence-electron chi connectivity index (χ2n) is 4.23. The Morgan fingerprint density at radius 3 is 2.36 bits per heavy atom. The van der Waals surface area contributed by atoms with Gasteiger partial charge in [0.05, 0.1) is 0 Å². The average Bonchev–Trinajstić information content (AvgIpc) is 1.82. The molecule has 2 atom stereocenters. The summed E-state index contributed by atoms with van der Waals surface area (Å²) in [7, 11) is 0. The Morgan fingerprint density at radius 2 is 2.09 bits per heavy atom. The first-order valence-corrected chi connectivity index (χ1v) is 4.64. The monoisotopic (exact) mass is 154 g/mol. The van der Waals surface area contributed by atoms with Gasteiger partial charge in [0.25, 0.3) is 0 Å². The normalized spacial score (nSPS) is 30.2. The van der Waals surface area contributed by atoms with E-state index in [0.717, 1.165) is 12.8 Å². The van der Waals surface area contributed by atoms with Gasteiger partial charge in [0, 0.05) is 12.3 Å². The Balaban J connectivity index is 2.30. The summed E-state index contributed by atoms with van der Waals surface area (Å²) in [4.78, 5) is 11.4. The molecular formula is C10H18O. The zero-order valence-electron chi connectivity index (χ0n) is 7.76. The van der Waals surface area contributed by atoms with Gasteiger partial charge in [-0.1, -0.05) is 20.8 Å². The van der Waals surface area contributed by atoms with E-state index in [4.69, 9.17) is 0 Å². The summed E-state index contributed by atoms with van der Waals surface area (Å²) >= 11 is 0. The molecule has 11 heavy (non-hydrogen) atoms. The Hall–Kier alpha value is -0.330. The molecule has 64 valence electrons. The maximum Gasteiger partial charge on any atom is 0.136 e. The Bertz CT molecular complexity index is 149. The summed E-state index contributed by atoms with van der Waals surface area (Å²) in [6, 6.07) is 0. The van der Waals surface area contributed by atoms with E-state index in [-0.39, 0.29) is 0 Å². The molecule has 1 aliphatic rings. The van der Waals surface area contributed by atoms with Crippen LogP contribution >= 0.6 is 0 Å². The highest BCUT2D eigenvalue weighted by Crippen LogP contribution is 2.35. The van der Waals surface area contributed by atoms with Gasteiger partial charge in [-0.15, -0.1) is 0 Å². The number of rotatable bonds is 3. The number of carbonyl (C=O) groups excluding carboxylic acids is 1. The molecule has 1 nitrogen and oxygen atoms in total. The summed E-state index contributed by atoms with van der Waals surface area (Å²) in [5, 5.41) is 0. The van der Waals surface area contributed by atoms with Gasteiger partial charge in [-0.3, -0.25) is 4.79 Å². The number of ketones is 1. The SMILES string of the molecule is CC(C)CC(=O)C1CCC1C. The fourth-order valence-electron chi connectivity index (χ4n) is 1.70. The molecule has 0 aromatic heterocycles. The predicted molar refractivity (Wildman–Crippen MR) is 46.4 cm³/mol. The lowest BCUT2D eigenvalue weighted by Crippen LogP contribution is -2.31. The third-order valence-corrected chi connectivity index (χ3v) is 2.64. The van der Waals surface area contributed by atoms with Gasteiger partial charge >= 0.3 is 0 Å². The summed E-state index contributed by atoms with van der Waals surface area (Å²) < 4.78 is 0. The zero-order valence-corrected chi connectivity index (χ0v) is 7.76. The van der Waals surface area contributed by atoms with Crippen LogP contribution in [-0.2, 0) is 4.79 Å². The van der Waals surface area contributed by atoms with Crippen LogP contribution in [-0.4, -0.2) is 5.78 Å². The van der Waals surface area contributed by atoms with Crippen molar-refractivity contribution in [3.05, 3.63) is 0 Å². The van der Waals surface area contributed by atoms with Crippen LogP contribution in [0.5, 0.6) is 0 Å². The van der Waals surface area contributed by atoms with Gasteiger partial charge < -0.3 is 0 Å². The molecule has 0 spiro atoms. The second-order valence-corrected chi connectivity index (χ2v) is 4.23. The Kier molecular flexibility index (Phi) is 2.69. The van der Waals surface area contributed by atoms with Crippen molar-refractivity contribution in [3.63, 3.8) is 0 Å². The highest BCUT2D eigenvalue weighted by Gasteiger charge is 2.32. The number of hydrogen-bond donors (Lipinski definition) is 0. The van der Waals surface area contributed by atoms with Gasteiger partial charge in [-0.25, -0.2) is 0 Å². The second kappa shape index (κ2) is 3.38. The average molecular weight is 154 g/mol. The first-order valence-electron chi connectivity index (χ1n) is 4.64. The van der Waals surface area contributed by atoms with Gasteiger partial charge in [-0.2, -0.15) is 0 Å². The summed E-state index contributed by atoms with van der Waals surface area (Å²) in [5.74, 6) is 2.12. The van der Waals surface area contributed by atoms with Crippen molar-refractivity contribution >= 4 is 5.78 Å². The first-order chi connectivity index (χ1) is 5.11. The Morgan fingerprint density at radius 1 is 1.45 bits per heavy atom. The van der Waals surface area contributed by atoms with Crippen LogP contribution < -0.4 is 0 Å². The third kappa shape index (κ3) is 2.05. The molecule has 1 rings (SSSR count). The van der Waals surface area contributed by atoms with Crippen LogP contribution in [0.15, 0.2) is 0 Å². The van der Waals surface area contributed by atoms with Gasteiger partial charge in [0.2, 0.25) is 0 Å². The van der Waals surface area contributed by atoms with Crippen LogP contribution in [0, 0.1) is 17.8 Å². The third-order valence-electron chi connectivity index (χ3n) is 2.64. The minimum atomic E-state index is 0.414. The minimum Gasteiger partial charge on any atom is -0.299 e. The summed E-state index contributed by atoms with van der Waals surface area (Å²) in [6.07, 6.45) is 3.19. The maximum absolute atomic E-state index is 11.4. The highest BCUT2D eigenvalue weighted by atomic mass is 16.1. The molecule has 1 heteroatoms. The number of hydrogen-bond acceptors (Lipinski definition) is 1. The molecule has 0 aromatic carbocycles. The lowest BCUT2D eigenvalue weighted by Gasteiger charge is -2.32. The minimum absolute atomic E-state index is 0.414. The molecule has 0 aliphatic heterocycles. The molecule has 1 aliphatic carbocycles. The molecular weight excluding hydrogens is 136 g/mol. The van der Waals surface area contributed by atoms with Crippen molar-refractivity contribution in [2.75, 3.05) is 0 Å². The molecule has 2 unspecified atom stereocenters. The van der Waals surface area contributed by atoms with E-state index in [1.165, 1.54) is 6.42 Å². The molecule has 0 saturated heterocycles. The molecule has 1 saturated carbocycles. The zero-order chi connectivity index (χ0) is 8.43. The van der Waals surface area contributed by atoms with Gasteiger partial charge in [0.15, 0.2) is 0 Å². The maximum atomic E-state index is 11.4. The number of carbonyl (C=O) groups is 1. The van der Waals surface area contributed by atoms with Crippen molar-refractivity contribution in [1.82, 2.24) is 0 Å². The topological polar surface area (TPSA) is 17.1 Å². The fraction of sp³-hybridized carbons (Fsp3) is 0.900. The molecule has 0 amide bonds. The first kappa shape index (κ1) is 8.76. The van der Waals surface area contributed by atoms with Gasteiger partial charge in [-0.05, 0) is 24.7 Å². The van der Waals surface area contributed by atoms with Crippen LogP contribution in [0.1, 0.15) is 40.0 Å². The lowest BCUT2D eigenvalue weighted by molar-refractivity contribution is -0.128. The van der Waals surface area contributed by atoms with Gasteiger partial charge in [0.1, 0.15) is 5.78 Å². The lowest BCUT2D eigenvalue weighted by atomic mass is 9.71. The van der Waals surface area contributed by atoms with Crippen LogP contribution in [0.25, 0.3) is 0 Å². The van der Waals surface area contributed by atoms with Crippen molar-refractivity contribution < 1.29 is 4.79 Å². The van der Waals surface area contributed by atoms with E-state index >= 15 is 0 Å². The Labute approximate surface area is 69.2 Å².